The molecular weight excluding hydrogens is 366 g/mol. The Hall–Kier alpha value is -3.00. The summed E-state index contributed by atoms with van der Waals surface area (Å²) < 4.78 is 7.81. The first-order valence-electron chi connectivity index (χ1n) is 10.3. The first-order valence-corrected chi connectivity index (χ1v) is 10.3. The number of aromatic amines is 1. The molecule has 2 fully saturated rings. The van der Waals surface area contributed by atoms with E-state index in [-0.39, 0.29) is 5.60 Å². The lowest BCUT2D eigenvalue weighted by molar-refractivity contribution is -0.165. The summed E-state index contributed by atoms with van der Waals surface area (Å²) >= 11 is 0. The third kappa shape index (κ3) is 2.78. The quantitative estimate of drug-likeness (QED) is 0.557. The van der Waals surface area contributed by atoms with Gasteiger partial charge in [0.25, 0.3) is 0 Å². The summed E-state index contributed by atoms with van der Waals surface area (Å²) in [7, 11) is 0. The zero-order valence-corrected chi connectivity index (χ0v) is 16.4. The molecule has 29 heavy (non-hydrogen) atoms. The Labute approximate surface area is 167 Å². The van der Waals surface area contributed by atoms with Crippen LogP contribution in [0.2, 0.25) is 0 Å². The van der Waals surface area contributed by atoms with Crippen molar-refractivity contribution in [3.05, 3.63) is 36.5 Å². The Kier molecular flexibility index (Phi) is 3.64. The van der Waals surface area contributed by atoms with E-state index < -0.39 is 0 Å². The number of aryl methyl sites for hydroxylation is 1. The van der Waals surface area contributed by atoms with Crippen LogP contribution in [0.25, 0.3) is 27.8 Å². The van der Waals surface area contributed by atoms with Gasteiger partial charge in [-0.05, 0) is 51.2 Å². The van der Waals surface area contributed by atoms with Crippen molar-refractivity contribution < 1.29 is 4.74 Å². The van der Waals surface area contributed by atoms with Crippen LogP contribution in [0.5, 0.6) is 0 Å². The van der Waals surface area contributed by atoms with Crippen molar-refractivity contribution in [1.82, 2.24) is 29.5 Å². The molecule has 1 aliphatic carbocycles. The number of anilines is 1. The van der Waals surface area contributed by atoms with E-state index in [0.29, 0.717) is 12.0 Å². The summed E-state index contributed by atoms with van der Waals surface area (Å²) in [4.78, 5) is 12.6. The van der Waals surface area contributed by atoms with Crippen LogP contribution >= 0.6 is 0 Å². The molecule has 0 bridgehead atoms. The van der Waals surface area contributed by atoms with Crippen LogP contribution in [0.4, 0.5) is 5.95 Å². The van der Waals surface area contributed by atoms with Crippen LogP contribution in [-0.2, 0) is 4.74 Å². The fourth-order valence-corrected chi connectivity index (χ4v) is 4.64. The lowest BCUT2D eigenvalue weighted by Crippen LogP contribution is -2.48. The molecule has 0 atom stereocenters. The van der Waals surface area contributed by atoms with Crippen molar-refractivity contribution >= 4 is 22.6 Å². The highest BCUT2D eigenvalue weighted by atomic mass is 16.5. The Morgan fingerprint density at radius 3 is 2.86 bits per heavy atom. The van der Waals surface area contributed by atoms with Gasteiger partial charge in [0.05, 0.1) is 12.2 Å². The van der Waals surface area contributed by atoms with E-state index in [1.54, 1.807) is 0 Å². The minimum atomic E-state index is 0.182. The topological polar surface area (TPSA) is 93.0 Å². The van der Waals surface area contributed by atoms with Gasteiger partial charge >= 0.3 is 0 Å². The number of pyridine rings is 1. The second-order valence-electron chi connectivity index (χ2n) is 8.25. The number of hydrogen-bond acceptors (Lipinski definition) is 6. The van der Waals surface area contributed by atoms with Crippen molar-refractivity contribution in [3.8, 4) is 11.1 Å². The molecule has 1 aliphatic heterocycles. The third-order valence-electron chi connectivity index (χ3n) is 6.51. The van der Waals surface area contributed by atoms with Gasteiger partial charge in [0, 0.05) is 41.1 Å². The summed E-state index contributed by atoms with van der Waals surface area (Å²) in [5.41, 5.74) is 4.02. The van der Waals surface area contributed by atoms with E-state index in [9.17, 15) is 0 Å². The molecule has 2 N–H and O–H groups in total. The molecule has 0 radical (unpaired) electrons. The lowest BCUT2D eigenvalue weighted by Gasteiger charge is -2.46. The maximum absolute atomic E-state index is 5.82. The van der Waals surface area contributed by atoms with E-state index in [1.807, 2.05) is 29.8 Å². The van der Waals surface area contributed by atoms with Crippen molar-refractivity contribution in [2.24, 2.45) is 0 Å². The number of nitrogens with one attached hydrogen (secondary N) is 2. The van der Waals surface area contributed by atoms with E-state index in [0.717, 1.165) is 65.9 Å². The number of H-pyrrole nitrogens is 1. The number of aromatic nitrogens is 6. The molecule has 8 nitrogen and oxygen atoms in total. The van der Waals surface area contributed by atoms with E-state index in [2.05, 4.69) is 37.7 Å². The number of fused-ring (bicyclic) bond motifs is 2. The maximum Gasteiger partial charge on any atom is 0.224 e. The fourth-order valence-electron chi connectivity index (χ4n) is 4.64. The van der Waals surface area contributed by atoms with E-state index in [1.165, 1.54) is 6.42 Å². The predicted molar refractivity (Wildman–Crippen MR) is 110 cm³/mol. The summed E-state index contributed by atoms with van der Waals surface area (Å²) in [6.45, 7) is 2.88. The predicted octanol–water partition coefficient (Wildman–Crippen LogP) is 3.49. The van der Waals surface area contributed by atoms with Crippen LogP contribution in [0.15, 0.2) is 30.7 Å². The molecule has 148 valence electrons. The minimum absolute atomic E-state index is 0.182. The van der Waals surface area contributed by atoms with Gasteiger partial charge in [0.2, 0.25) is 5.95 Å². The molecule has 4 aromatic heterocycles. The zero-order valence-electron chi connectivity index (χ0n) is 16.4. The molecule has 0 amide bonds. The molecule has 2 aliphatic rings. The highest BCUT2D eigenvalue weighted by molar-refractivity contribution is 5.93. The molecule has 6 rings (SSSR count). The number of rotatable bonds is 3. The van der Waals surface area contributed by atoms with Gasteiger partial charge in [-0.2, -0.15) is 4.98 Å². The van der Waals surface area contributed by atoms with Gasteiger partial charge in [-0.3, -0.25) is 4.40 Å². The Morgan fingerprint density at radius 2 is 2.07 bits per heavy atom. The Morgan fingerprint density at radius 1 is 1.21 bits per heavy atom. The largest absolute Gasteiger partial charge is 0.375 e. The Bertz CT molecular complexity index is 1200. The first-order chi connectivity index (χ1) is 14.2. The second-order valence-corrected chi connectivity index (χ2v) is 8.25. The molecule has 8 heteroatoms. The van der Waals surface area contributed by atoms with Gasteiger partial charge in [0.15, 0.2) is 5.65 Å². The van der Waals surface area contributed by atoms with Gasteiger partial charge < -0.3 is 15.0 Å². The molecular formula is C21H23N7O. The van der Waals surface area contributed by atoms with Gasteiger partial charge in [-0.1, -0.05) is 0 Å². The molecule has 1 saturated heterocycles. The summed E-state index contributed by atoms with van der Waals surface area (Å²) in [5, 5.41) is 12.8. The molecule has 1 saturated carbocycles. The van der Waals surface area contributed by atoms with Crippen molar-refractivity contribution in [3.63, 3.8) is 0 Å². The highest BCUT2D eigenvalue weighted by Gasteiger charge is 2.41. The lowest BCUT2D eigenvalue weighted by atomic mass is 9.77. The number of nitrogens with zero attached hydrogens (tertiary/aromatic N) is 5. The third-order valence-corrected chi connectivity index (χ3v) is 6.51. The van der Waals surface area contributed by atoms with Gasteiger partial charge in [-0.15, -0.1) is 10.2 Å². The van der Waals surface area contributed by atoms with Gasteiger partial charge in [-0.25, -0.2) is 4.98 Å². The van der Waals surface area contributed by atoms with Crippen molar-refractivity contribution in [2.45, 2.75) is 50.7 Å². The average Bonchev–Trinajstić information content (AvgIpc) is 3.30. The van der Waals surface area contributed by atoms with E-state index >= 15 is 0 Å². The second kappa shape index (κ2) is 6.25. The first kappa shape index (κ1) is 16.9. The summed E-state index contributed by atoms with van der Waals surface area (Å²) in [5.74, 6) is 1.55. The molecule has 4 aromatic rings. The molecule has 5 heterocycles. The molecule has 0 aromatic carbocycles. The highest BCUT2D eigenvalue weighted by Crippen LogP contribution is 2.41. The monoisotopic (exact) mass is 389 g/mol. The van der Waals surface area contributed by atoms with Crippen molar-refractivity contribution in [1.29, 1.82) is 0 Å². The van der Waals surface area contributed by atoms with Crippen LogP contribution in [0.3, 0.4) is 0 Å². The summed E-state index contributed by atoms with van der Waals surface area (Å²) in [6.07, 6.45) is 11.6. The SMILES string of the molecule is Cc1nnc2ccc(-c3c[nH]c4nc(N[C@H]5CC[C@@]6(CCO6)CC5)ncc34)cn12. The Balaban J connectivity index is 1.25. The standard InChI is InChI=1S/C21H23N7O/c1-13-26-27-18-3-2-14(12-28(13)18)16-10-22-19-17(16)11-23-20(25-19)24-15-4-6-21(7-5-15)8-9-29-21/h2-3,10-12,15H,4-9H2,1H3,(H2,22,23,24,25)/t15-,21-. The van der Waals surface area contributed by atoms with Crippen LogP contribution in [0.1, 0.15) is 37.9 Å². The maximum atomic E-state index is 5.82. The number of ether oxygens (including phenoxy) is 1. The number of hydrogen-bond donors (Lipinski definition) is 2. The molecule has 0 unspecified atom stereocenters. The van der Waals surface area contributed by atoms with E-state index in [4.69, 9.17) is 9.72 Å². The van der Waals surface area contributed by atoms with Crippen LogP contribution < -0.4 is 5.32 Å². The smallest absolute Gasteiger partial charge is 0.224 e. The van der Waals surface area contributed by atoms with Crippen LogP contribution in [-0.4, -0.2) is 47.8 Å². The minimum Gasteiger partial charge on any atom is -0.375 e. The normalized spacial score (nSPS) is 24.2. The van der Waals surface area contributed by atoms with Gasteiger partial charge in [0.1, 0.15) is 11.5 Å². The summed E-state index contributed by atoms with van der Waals surface area (Å²) in [6, 6.07) is 4.45. The average molecular weight is 389 g/mol. The molecule has 1 spiro atoms. The fraction of sp³-hybridized carbons (Fsp3) is 0.429. The van der Waals surface area contributed by atoms with Crippen LogP contribution in [0, 0.1) is 6.92 Å². The van der Waals surface area contributed by atoms with Crippen molar-refractivity contribution in [2.75, 3.05) is 11.9 Å². The zero-order chi connectivity index (χ0) is 19.4.